The monoisotopic (exact) mass is 562 g/mol. The molecule has 1 aromatic heterocycles. The quantitative estimate of drug-likeness (QED) is 0.149. The van der Waals surface area contributed by atoms with E-state index >= 15 is 0 Å². The van der Waals surface area contributed by atoms with Crippen LogP contribution in [0.1, 0.15) is 48.4 Å². The molecule has 0 aliphatic heterocycles. The van der Waals surface area contributed by atoms with Crippen molar-refractivity contribution in [1.82, 2.24) is 25.5 Å². The Balaban J connectivity index is 0.00000385. The number of nitrogens with zero attached hydrogens (tertiary/aromatic N) is 3. The standard InChI is InChI=1S/C25H34N6O.HI/c1-4-14-27-24(32)21-11-8-10-20(17-21)18-29-25(26-5-2)28-15-9-16-31-19(3)30-22-12-6-7-13-23(22)31;/h6-8,10-13,17H,4-5,9,14-16,18H2,1-3H3,(H,27,32)(H2,26,28,29);1H. The third-order valence-corrected chi connectivity index (χ3v) is 5.19. The van der Waals surface area contributed by atoms with Crippen molar-refractivity contribution in [2.75, 3.05) is 19.6 Å². The van der Waals surface area contributed by atoms with Gasteiger partial charge in [0.1, 0.15) is 5.82 Å². The van der Waals surface area contributed by atoms with Crippen molar-refractivity contribution in [2.24, 2.45) is 4.99 Å². The van der Waals surface area contributed by atoms with Crippen molar-refractivity contribution in [3.63, 3.8) is 0 Å². The summed E-state index contributed by atoms with van der Waals surface area (Å²) in [6.07, 6.45) is 1.88. The molecular weight excluding hydrogens is 527 g/mol. The Morgan fingerprint density at radius 3 is 2.64 bits per heavy atom. The molecular formula is C25H35IN6O. The van der Waals surface area contributed by atoms with Gasteiger partial charge in [-0.1, -0.05) is 31.2 Å². The number of carbonyl (C=O) groups excluding carboxylic acids is 1. The van der Waals surface area contributed by atoms with Gasteiger partial charge in [0.15, 0.2) is 5.96 Å². The predicted octanol–water partition coefficient (Wildman–Crippen LogP) is 4.25. The van der Waals surface area contributed by atoms with Crippen molar-refractivity contribution < 1.29 is 4.79 Å². The number of rotatable bonds is 10. The lowest BCUT2D eigenvalue weighted by atomic mass is 10.1. The van der Waals surface area contributed by atoms with Crippen LogP contribution in [0.5, 0.6) is 0 Å². The molecule has 0 atom stereocenters. The van der Waals surface area contributed by atoms with E-state index in [9.17, 15) is 4.79 Å². The van der Waals surface area contributed by atoms with E-state index in [1.165, 1.54) is 5.52 Å². The highest BCUT2D eigenvalue weighted by molar-refractivity contribution is 14.0. The number of para-hydroxylation sites is 2. The molecule has 0 bridgehead atoms. The van der Waals surface area contributed by atoms with Crippen LogP contribution in [-0.4, -0.2) is 41.1 Å². The van der Waals surface area contributed by atoms with Crippen LogP contribution in [0.3, 0.4) is 0 Å². The molecule has 1 heterocycles. The number of nitrogens with one attached hydrogen (secondary N) is 3. The van der Waals surface area contributed by atoms with Crippen LogP contribution >= 0.6 is 24.0 Å². The van der Waals surface area contributed by atoms with Gasteiger partial charge in [-0.15, -0.1) is 24.0 Å². The Morgan fingerprint density at radius 1 is 1.03 bits per heavy atom. The maximum absolute atomic E-state index is 12.2. The normalized spacial score (nSPS) is 11.2. The molecule has 0 saturated heterocycles. The zero-order chi connectivity index (χ0) is 22.8. The number of guanidine groups is 1. The average molecular weight is 563 g/mol. The molecule has 3 rings (SSSR count). The minimum absolute atomic E-state index is 0. The number of imidazole rings is 1. The fourth-order valence-corrected chi connectivity index (χ4v) is 3.59. The molecule has 0 spiro atoms. The van der Waals surface area contributed by atoms with Gasteiger partial charge in [0, 0.05) is 31.7 Å². The van der Waals surface area contributed by atoms with Crippen molar-refractivity contribution in [3.8, 4) is 0 Å². The number of halogens is 1. The first kappa shape index (κ1) is 26.6. The van der Waals surface area contributed by atoms with Crippen LogP contribution in [0.25, 0.3) is 11.0 Å². The van der Waals surface area contributed by atoms with Crippen molar-refractivity contribution in [3.05, 3.63) is 65.5 Å². The number of carbonyl (C=O) groups is 1. The van der Waals surface area contributed by atoms with Gasteiger partial charge in [-0.25, -0.2) is 9.98 Å². The van der Waals surface area contributed by atoms with Gasteiger partial charge < -0.3 is 20.5 Å². The van der Waals surface area contributed by atoms with E-state index in [0.29, 0.717) is 18.7 Å². The van der Waals surface area contributed by atoms with Crippen LogP contribution in [0.4, 0.5) is 0 Å². The molecule has 0 saturated carbocycles. The Labute approximate surface area is 213 Å². The summed E-state index contributed by atoms with van der Waals surface area (Å²) < 4.78 is 2.26. The molecule has 33 heavy (non-hydrogen) atoms. The summed E-state index contributed by atoms with van der Waals surface area (Å²) in [4.78, 5) is 21.5. The van der Waals surface area contributed by atoms with E-state index in [0.717, 1.165) is 55.3 Å². The number of hydrogen-bond donors (Lipinski definition) is 3. The summed E-state index contributed by atoms with van der Waals surface area (Å²) in [5.74, 6) is 1.78. The van der Waals surface area contributed by atoms with E-state index in [1.807, 2.05) is 37.3 Å². The average Bonchev–Trinajstić information content (AvgIpc) is 3.13. The molecule has 0 aliphatic carbocycles. The topological polar surface area (TPSA) is 83.3 Å². The Bertz CT molecular complexity index is 1060. The number of amides is 1. The highest BCUT2D eigenvalue weighted by atomic mass is 127. The number of fused-ring (bicyclic) bond motifs is 1. The van der Waals surface area contributed by atoms with Crippen LogP contribution in [-0.2, 0) is 13.1 Å². The Morgan fingerprint density at radius 2 is 1.85 bits per heavy atom. The minimum Gasteiger partial charge on any atom is -0.357 e. The van der Waals surface area contributed by atoms with Gasteiger partial charge in [0.05, 0.1) is 17.6 Å². The lowest BCUT2D eigenvalue weighted by molar-refractivity contribution is 0.0953. The lowest BCUT2D eigenvalue weighted by Gasteiger charge is -2.12. The molecule has 0 aliphatic rings. The highest BCUT2D eigenvalue weighted by Gasteiger charge is 2.07. The van der Waals surface area contributed by atoms with Gasteiger partial charge in [-0.2, -0.15) is 0 Å². The second kappa shape index (κ2) is 13.8. The molecule has 0 fully saturated rings. The summed E-state index contributed by atoms with van der Waals surface area (Å²) in [6.45, 7) is 9.83. The van der Waals surface area contributed by atoms with Crippen molar-refractivity contribution in [2.45, 2.75) is 46.7 Å². The zero-order valence-electron chi connectivity index (χ0n) is 19.7. The molecule has 8 heteroatoms. The summed E-state index contributed by atoms with van der Waals surface area (Å²) in [5.41, 5.74) is 3.89. The van der Waals surface area contributed by atoms with Gasteiger partial charge in [0.25, 0.3) is 5.91 Å². The SMILES string of the molecule is CCCNC(=O)c1cccc(CN=C(NCC)NCCCn2c(C)nc3ccccc32)c1.I. The Hall–Kier alpha value is -2.62. The highest BCUT2D eigenvalue weighted by Crippen LogP contribution is 2.15. The van der Waals surface area contributed by atoms with Crippen molar-refractivity contribution >= 4 is 46.9 Å². The summed E-state index contributed by atoms with van der Waals surface area (Å²) in [5, 5.41) is 9.62. The van der Waals surface area contributed by atoms with Crippen LogP contribution in [0.15, 0.2) is 53.5 Å². The minimum atomic E-state index is -0.0370. The molecule has 0 unspecified atom stereocenters. The third-order valence-electron chi connectivity index (χ3n) is 5.19. The molecule has 3 N–H and O–H groups in total. The van der Waals surface area contributed by atoms with Gasteiger partial charge in [-0.3, -0.25) is 4.79 Å². The van der Waals surface area contributed by atoms with E-state index in [-0.39, 0.29) is 29.9 Å². The third kappa shape index (κ3) is 7.73. The summed E-state index contributed by atoms with van der Waals surface area (Å²) in [6, 6.07) is 15.9. The van der Waals surface area contributed by atoms with Crippen molar-refractivity contribution in [1.29, 1.82) is 0 Å². The number of aliphatic imine (C=N–C) groups is 1. The number of hydrogen-bond acceptors (Lipinski definition) is 3. The molecule has 178 valence electrons. The molecule has 7 nitrogen and oxygen atoms in total. The van der Waals surface area contributed by atoms with E-state index in [1.54, 1.807) is 0 Å². The Kier molecular flexibility index (Phi) is 11.2. The molecule has 3 aromatic rings. The molecule has 2 aromatic carbocycles. The fraction of sp³-hybridized carbons (Fsp3) is 0.400. The fourth-order valence-electron chi connectivity index (χ4n) is 3.59. The second-order valence-corrected chi connectivity index (χ2v) is 7.73. The van der Waals surface area contributed by atoms with E-state index < -0.39 is 0 Å². The van der Waals surface area contributed by atoms with Crippen LogP contribution < -0.4 is 16.0 Å². The first-order chi connectivity index (χ1) is 15.6. The number of benzene rings is 2. The maximum atomic E-state index is 12.2. The molecule has 1 amide bonds. The summed E-state index contributed by atoms with van der Waals surface area (Å²) >= 11 is 0. The van der Waals surface area contributed by atoms with Gasteiger partial charge in [0.2, 0.25) is 0 Å². The van der Waals surface area contributed by atoms with Crippen LogP contribution in [0, 0.1) is 6.92 Å². The summed E-state index contributed by atoms with van der Waals surface area (Å²) in [7, 11) is 0. The van der Waals surface area contributed by atoms with E-state index in [2.05, 4.69) is 57.5 Å². The number of aromatic nitrogens is 2. The largest absolute Gasteiger partial charge is 0.357 e. The first-order valence-electron chi connectivity index (χ1n) is 11.4. The second-order valence-electron chi connectivity index (χ2n) is 7.73. The van der Waals surface area contributed by atoms with Crippen LogP contribution in [0.2, 0.25) is 0 Å². The van der Waals surface area contributed by atoms with Gasteiger partial charge >= 0.3 is 0 Å². The smallest absolute Gasteiger partial charge is 0.251 e. The predicted molar refractivity (Wildman–Crippen MR) is 146 cm³/mol. The lowest BCUT2D eigenvalue weighted by Crippen LogP contribution is -2.38. The van der Waals surface area contributed by atoms with E-state index in [4.69, 9.17) is 4.99 Å². The number of aryl methyl sites for hydroxylation is 2. The van der Waals surface area contributed by atoms with Gasteiger partial charge in [-0.05, 0) is 56.5 Å². The zero-order valence-corrected chi connectivity index (χ0v) is 22.1. The molecule has 0 radical (unpaired) electrons. The first-order valence-corrected chi connectivity index (χ1v) is 11.4. The maximum Gasteiger partial charge on any atom is 0.251 e.